The summed E-state index contributed by atoms with van der Waals surface area (Å²) in [4.78, 5) is 63.5. The van der Waals surface area contributed by atoms with Crippen LogP contribution in [0.25, 0.3) is 0 Å². The first kappa shape index (κ1) is 38.8. The standard InChI is InChI=1S/C35H46N6O9/c1-23(30(42)39-29-20-28(32(44)48-6)41(40-29)21-24-15-17-26(47-5)18-16-24)37-31(43)27(14-10-11-19-36-33(45)50-35(2,3)4)38-34(46)49-22-25-12-8-7-9-13-25/h7-9,12-13,15-18,20,23,27H,10-11,14,19,21-22H2,1-6H3,(H,36,45)(H,37,43)(H,38,46)(H,39,40,42)/t23-,27-/m0/s1. The third kappa shape index (κ3) is 13.1. The van der Waals surface area contributed by atoms with E-state index in [1.54, 1.807) is 52.1 Å². The number of carbonyl (C=O) groups is 5. The zero-order valence-corrected chi connectivity index (χ0v) is 29.2. The topological polar surface area (TPSA) is 188 Å². The highest BCUT2D eigenvalue weighted by Gasteiger charge is 2.26. The lowest BCUT2D eigenvalue weighted by atomic mass is 10.1. The van der Waals surface area contributed by atoms with Crippen molar-refractivity contribution >= 4 is 35.8 Å². The number of nitrogens with zero attached hydrogens (tertiary/aromatic N) is 2. The summed E-state index contributed by atoms with van der Waals surface area (Å²) in [6, 6.07) is 15.5. The smallest absolute Gasteiger partial charge is 0.408 e. The number of benzene rings is 2. The number of rotatable bonds is 16. The normalized spacial score (nSPS) is 12.1. The molecule has 1 heterocycles. The van der Waals surface area contributed by atoms with Crippen molar-refractivity contribution in [2.24, 2.45) is 0 Å². The average Bonchev–Trinajstić information content (AvgIpc) is 3.47. The quantitative estimate of drug-likeness (QED) is 0.0963. The molecule has 0 unspecified atom stereocenters. The van der Waals surface area contributed by atoms with Gasteiger partial charge < -0.3 is 40.2 Å². The molecule has 50 heavy (non-hydrogen) atoms. The number of aromatic nitrogens is 2. The molecule has 0 bridgehead atoms. The minimum Gasteiger partial charge on any atom is -0.497 e. The predicted octanol–water partition coefficient (Wildman–Crippen LogP) is 4.16. The monoisotopic (exact) mass is 694 g/mol. The number of ether oxygens (including phenoxy) is 4. The van der Waals surface area contributed by atoms with Crippen LogP contribution in [0.5, 0.6) is 5.75 Å². The number of hydrogen-bond acceptors (Lipinski definition) is 10. The highest BCUT2D eigenvalue weighted by Crippen LogP contribution is 2.17. The number of carbonyl (C=O) groups excluding carboxylic acids is 5. The zero-order valence-electron chi connectivity index (χ0n) is 29.2. The summed E-state index contributed by atoms with van der Waals surface area (Å²) in [6.45, 7) is 7.24. The maximum atomic E-state index is 13.3. The first-order valence-electron chi connectivity index (χ1n) is 16.1. The van der Waals surface area contributed by atoms with E-state index in [0.29, 0.717) is 25.1 Å². The van der Waals surface area contributed by atoms with Crippen molar-refractivity contribution < 1.29 is 42.9 Å². The SMILES string of the molecule is COC(=O)c1cc(NC(=O)[C@H](C)NC(=O)[C@H](CCCCNC(=O)OC(C)(C)C)NC(=O)OCc2ccccc2)nn1Cc1ccc(OC)cc1. The molecule has 0 radical (unpaired) electrons. The van der Waals surface area contributed by atoms with Crippen LogP contribution in [-0.2, 0) is 37.0 Å². The molecule has 0 spiro atoms. The van der Waals surface area contributed by atoms with Crippen LogP contribution >= 0.6 is 0 Å². The van der Waals surface area contributed by atoms with Crippen molar-refractivity contribution in [2.75, 3.05) is 26.1 Å². The molecule has 0 aliphatic carbocycles. The fourth-order valence-corrected chi connectivity index (χ4v) is 4.54. The van der Waals surface area contributed by atoms with Gasteiger partial charge >= 0.3 is 18.2 Å². The highest BCUT2D eigenvalue weighted by atomic mass is 16.6. The summed E-state index contributed by atoms with van der Waals surface area (Å²) in [6.07, 6.45) is -0.250. The summed E-state index contributed by atoms with van der Waals surface area (Å²) in [5, 5.41) is 14.8. The van der Waals surface area contributed by atoms with E-state index in [2.05, 4.69) is 26.4 Å². The van der Waals surface area contributed by atoms with Gasteiger partial charge in [-0.25, -0.2) is 14.4 Å². The van der Waals surface area contributed by atoms with Gasteiger partial charge in [-0.05, 0) is 70.2 Å². The Morgan fingerprint density at radius 1 is 0.860 bits per heavy atom. The maximum Gasteiger partial charge on any atom is 0.408 e. The van der Waals surface area contributed by atoms with Gasteiger partial charge in [0.25, 0.3) is 0 Å². The molecule has 270 valence electrons. The number of unbranched alkanes of at least 4 members (excludes halogenated alkanes) is 1. The van der Waals surface area contributed by atoms with Gasteiger partial charge in [0.2, 0.25) is 11.8 Å². The number of amides is 4. The lowest BCUT2D eigenvalue weighted by molar-refractivity contribution is -0.127. The lowest BCUT2D eigenvalue weighted by Gasteiger charge is -2.21. The summed E-state index contributed by atoms with van der Waals surface area (Å²) in [7, 11) is 2.80. The lowest BCUT2D eigenvalue weighted by Crippen LogP contribution is -2.51. The van der Waals surface area contributed by atoms with Crippen LogP contribution in [0.15, 0.2) is 60.7 Å². The van der Waals surface area contributed by atoms with Gasteiger partial charge in [-0.15, -0.1) is 0 Å². The number of nitrogens with one attached hydrogen (secondary N) is 4. The van der Waals surface area contributed by atoms with E-state index >= 15 is 0 Å². The van der Waals surface area contributed by atoms with Crippen LogP contribution in [0.2, 0.25) is 0 Å². The van der Waals surface area contributed by atoms with E-state index in [1.807, 2.05) is 30.3 Å². The summed E-state index contributed by atoms with van der Waals surface area (Å²) in [5.41, 5.74) is 1.05. The molecule has 3 aromatic rings. The van der Waals surface area contributed by atoms with E-state index < -0.39 is 47.7 Å². The van der Waals surface area contributed by atoms with Crippen LogP contribution in [0.4, 0.5) is 15.4 Å². The largest absolute Gasteiger partial charge is 0.497 e. The first-order valence-corrected chi connectivity index (χ1v) is 16.1. The van der Waals surface area contributed by atoms with Gasteiger partial charge in [-0.1, -0.05) is 42.5 Å². The van der Waals surface area contributed by atoms with Crippen molar-refractivity contribution in [3.8, 4) is 5.75 Å². The molecule has 0 saturated heterocycles. The Morgan fingerprint density at radius 2 is 1.56 bits per heavy atom. The fourth-order valence-electron chi connectivity index (χ4n) is 4.54. The second-order valence-electron chi connectivity index (χ2n) is 12.3. The molecule has 0 fully saturated rings. The fraction of sp³-hybridized carbons (Fsp3) is 0.429. The molecule has 0 aliphatic rings. The first-order chi connectivity index (χ1) is 23.8. The Labute approximate surface area is 291 Å². The van der Waals surface area contributed by atoms with Gasteiger partial charge in [-0.2, -0.15) is 5.10 Å². The van der Waals surface area contributed by atoms with Crippen molar-refractivity contribution in [2.45, 2.75) is 77.8 Å². The summed E-state index contributed by atoms with van der Waals surface area (Å²) in [5.74, 6) is -1.15. The third-order valence-corrected chi connectivity index (χ3v) is 7.08. The number of anilines is 1. The van der Waals surface area contributed by atoms with Gasteiger partial charge in [0.1, 0.15) is 35.7 Å². The molecule has 15 heteroatoms. The minimum atomic E-state index is -1.06. The molecular formula is C35H46N6O9. The molecule has 4 amide bonds. The van der Waals surface area contributed by atoms with E-state index in [4.69, 9.17) is 18.9 Å². The number of alkyl carbamates (subject to hydrolysis) is 2. The molecule has 1 aromatic heterocycles. The maximum absolute atomic E-state index is 13.3. The van der Waals surface area contributed by atoms with Crippen LogP contribution in [0.1, 0.15) is 68.6 Å². The van der Waals surface area contributed by atoms with E-state index in [1.165, 1.54) is 24.8 Å². The van der Waals surface area contributed by atoms with Crippen molar-refractivity contribution in [3.05, 3.63) is 77.5 Å². The van der Waals surface area contributed by atoms with Gasteiger partial charge in [0.05, 0.1) is 20.8 Å². The Kier molecular flexibility index (Phi) is 14.6. The Balaban J connectivity index is 1.62. The molecule has 3 rings (SSSR count). The molecule has 0 aliphatic heterocycles. The highest BCUT2D eigenvalue weighted by molar-refractivity contribution is 5.98. The Hall–Kier alpha value is -5.60. The number of methoxy groups -OCH3 is 2. The van der Waals surface area contributed by atoms with Gasteiger partial charge in [0, 0.05) is 12.6 Å². The third-order valence-electron chi connectivity index (χ3n) is 7.08. The molecule has 15 nitrogen and oxygen atoms in total. The molecule has 0 saturated carbocycles. The average molecular weight is 695 g/mol. The Morgan fingerprint density at radius 3 is 2.20 bits per heavy atom. The van der Waals surface area contributed by atoms with Gasteiger partial charge in [0.15, 0.2) is 5.82 Å². The van der Waals surface area contributed by atoms with E-state index in [0.717, 1.165) is 11.1 Å². The van der Waals surface area contributed by atoms with Crippen LogP contribution in [0.3, 0.4) is 0 Å². The van der Waals surface area contributed by atoms with E-state index in [9.17, 15) is 24.0 Å². The zero-order chi connectivity index (χ0) is 36.7. The van der Waals surface area contributed by atoms with Crippen molar-refractivity contribution in [1.29, 1.82) is 0 Å². The van der Waals surface area contributed by atoms with Gasteiger partial charge in [-0.3, -0.25) is 14.3 Å². The predicted molar refractivity (Wildman–Crippen MR) is 184 cm³/mol. The van der Waals surface area contributed by atoms with Crippen LogP contribution in [-0.4, -0.2) is 78.2 Å². The molecule has 2 aromatic carbocycles. The molecule has 4 N–H and O–H groups in total. The molecule has 2 atom stereocenters. The van der Waals surface area contributed by atoms with Crippen molar-refractivity contribution in [3.63, 3.8) is 0 Å². The van der Waals surface area contributed by atoms with Crippen molar-refractivity contribution in [1.82, 2.24) is 25.7 Å². The van der Waals surface area contributed by atoms with E-state index in [-0.39, 0.29) is 31.1 Å². The summed E-state index contributed by atoms with van der Waals surface area (Å²) < 4.78 is 22.0. The second-order valence-corrected chi connectivity index (χ2v) is 12.3. The van der Waals surface area contributed by atoms with Crippen LogP contribution < -0.4 is 26.0 Å². The Bertz CT molecular complexity index is 1590. The number of esters is 1. The minimum absolute atomic E-state index is 0.00168. The summed E-state index contributed by atoms with van der Waals surface area (Å²) >= 11 is 0. The number of hydrogen-bond donors (Lipinski definition) is 4. The van der Waals surface area contributed by atoms with Crippen LogP contribution in [0, 0.1) is 0 Å². The second kappa shape index (κ2) is 18.8. The molecular weight excluding hydrogens is 648 g/mol.